The van der Waals surface area contributed by atoms with Crippen LogP contribution in [0.3, 0.4) is 0 Å². The van der Waals surface area contributed by atoms with Crippen LogP contribution < -0.4 is 5.56 Å². The van der Waals surface area contributed by atoms with Crippen molar-refractivity contribution in [3.63, 3.8) is 0 Å². The van der Waals surface area contributed by atoms with Crippen LogP contribution in [-0.2, 0) is 0 Å². The van der Waals surface area contributed by atoms with E-state index in [0.29, 0.717) is 11.2 Å². The van der Waals surface area contributed by atoms with Gasteiger partial charge >= 0.3 is 0 Å². The fourth-order valence-corrected chi connectivity index (χ4v) is 2.78. The van der Waals surface area contributed by atoms with Crippen molar-refractivity contribution in [2.75, 3.05) is 0 Å². The van der Waals surface area contributed by atoms with E-state index in [1.54, 1.807) is 4.57 Å². The molecule has 4 heteroatoms. The molecule has 0 fully saturated rings. The van der Waals surface area contributed by atoms with Gasteiger partial charge in [0.15, 0.2) is 0 Å². The van der Waals surface area contributed by atoms with Crippen molar-refractivity contribution < 1.29 is 0 Å². The molecule has 1 aromatic heterocycles. The normalized spacial score (nSPS) is 14.3. The highest BCUT2D eigenvalue weighted by molar-refractivity contribution is 6.20. The monoisotopic (exact) mass is 306 g/mol. The predicted molar refractivity (Wildman–Crippen MR) is 89.1 cm³/mol. The minimum Gasteiger partial charge on any atom is -0.292 e. The zero-order valence-corrected chi connectivity index (χ0v) is 13.7. The molecule has 0 saturated heterocycles. The standard InChI is InChI=1S/C17H23ClN2O/c1-4-6-9-12(3)20-16(14(18)5-2)19-15-11-8-7-10-13(15)17(20)21/h7-8,10-12,14H,4-6,9H2,1-3H3. The summed E-state index contributed by atoms with van der Waals surface area (Å²) in [6.07, 6.45) is 3.94. The van der Waals surface area contributed by atoms with Gasteiger partial charge in [0.05, 0.1) is 16.3 Å². The topological polar surface area (TPSA) is 34.9 Å². The highest BCUT2D eigenvalue weighted by atomic mass is 35.5. The zero-order valence-electron chi connectivity index (χ0n) is 13.0. The van der Waals surface area contributed by atoms with Gasteiger partial charge in [0, 0.05) is 6.04 Å². The maximum absolute atomic E-state index is 12.8. The molecule has 0 radical (unpaired) electrons. The second-order valence-electron chi connectivity index (χ2n) is 5.53. The van der Waals surface area contributed by atoms with Gasteiger partial charge < -0.3 is 0 Å². The summed E-state index contributed by atoms with van der Waals surface area (Å²) in [5, 5.41) is 0.441. The lowest BCUT2D eigenvalue weighted by Gasteiger charge is -2.21. The predicted octanol–water partition coefficient (Wildman–Crippen LogP) is 4.84. The number of hydrogen-bond donors (Lipinski definition) is 0. The molecule has 0 aliphatic carbocycles. The molecule has 0 aliphatic rings. The van der Waals surface area contributed by atoms with Crippen molar-refractivity contribution in [3.05, 3.63) is 40.4 Å². The summed E-state index contributed by atoms with van der Waals surface area (Å²) in [6.45, 7) is 6.25. The van der Waals surface area contributed by atoms with Crippen molar-refractivity contribution in [3.8, 4) is 0 Å². The molecule has 0 bridgehead atoms. The maximum atomic E-state index is 12.8. The Hall–Kier alpha value is -1.35. The molecule has 2 aromatic rings. The number of para-hydroxylation sites is 1. The lowest BCUT2D eigenvalue weighted by Crippen LogP contribution is -2.28. The van der Waals surface area contributed by atoms with Crippen molar-refractivity contribution >= 4 is 22.5 Å². The third-order valence-corrected chi connectivity index (χ3v) is 4.39. The van der Waals surface area contributed by atoms with Crippen LogP contribution in [0, 0.1) is 0 Å². The minimum absolute atomic E-state index is 0.0262. The van der Waals surface area contributed by atoms with E-state index in [0.717, 1.165) is 31.2 Å². The van der Waals surface area contributed by atoms with Crippen molar-refractivity contribution in [2.45, 2.75) is 57.9 Å². The molecule has 1 aromatic carbocycles. The van der Waals surface area contributed by atoms with E-state index in [1.807, 2.05) is 31.2 Å². The SMILES string of the molecule is CCCCC(C)n1c(C(Cl)CC)nc2ccccc2c1=O. The Morgan fingerprint density at radius 2 is 2.00 bits per heavy atom. The minimum atomic E-state index is -0.230. The molecule has 21 heavy (non-hydrogen) atoms. The molecular formula is C17H23ClN2O. The summed E-state index contributed by atoms with van der Waals surface area (Å²) in [5.74, 6) is 0.700. The largest absolute Gasteiger partial charge is 0.292 e. The molecule has 3 nitrogen and oxygen atoms in total. The van der Waals surface area contributed by atoms with E-state index in [2.05, 4.69) is 18.8 Å². The Morgan fingerprint density at radius 1 is 1.29 bits per heavy atom. The number of rotatable bonds is 6. The van der Waals surface area contributed by atoms with Gasteiger partial charge in [0.2, 0.25) is 0 Å². The Balaban J connectivity index is 2.64. The Labute approximate surface area is 131 Å². The molecule has 2 rings (SSSR count). The molecule has 0 spiro atoms. The Bertz CT molecular complexity index is 665. The van der Waals surface area contributed by atoms with Gasteiger partial charge in [-0.1, -0.05) is 38.8 Å². The first-order valence-electron chi connectivity index (χ1n) is 7.75. The summed E-state index contributed by atoms with van der Waals surface area (Å²) in [4.78, 5) is 17.5. The van der Waals surface area contributed by atoms with Gasteiger partial charge in [-0.3, -0.25) is 9.36 Å². The molecule has 0 N–H and O–H groups in total. The van der Waals surface area contributed by atoms with Crippen molar-refractivity contribution in [2.24, 2.45) is 0 Å². The van der Waals surface area contributed by atoms with Crippen LogP contribution in [0.15, 0.2) is 29.1 Å². The first kappa shape index (κ1) is 16.0. The van der Waals surface area contributed by atoms with Gasteiger partial charge in [-0.2, -0.15) is 0 Å². The van der Waals surface area contributed by atoms with Gasteiger partial charge in [-0.15, -0.1) is 11.6 Å². The number of aromatic nitrogens is 2. The Kier molecular flexibility index (Phi) is 5.40. The number of hydrogen-bond acceptors (Lipinski definition) is 2. The first-order valence-corrected chi connectivity index (χ1v) is 8.19. The summed E-state index contributed by atoms with van der Waals surface area (Å²) >= 11 is 6.42. The summed E-state index contributed by atoms with van der Waals surface area (Å²) < 4.78 is 1.80. The number of fused-ring (bicyclic) bond motifs is 1. The quantitative estimate of drug-likeness (QED) is 0.716. The zero-order chi connectivity index (χ0) is 15.4. The highest BCUT2D eigenvalue weighted by Gasteiger charge is 2.20. The van der Waals surface area contributed by atoms with Crippen LogP contribution in [0.4, 0.5) is 0 Å². The van der Waals surface area contributed by atoms with Crippen LogP contribution in [0.2, 0.25) is 0 Å². The summed E-state index contributed by atoms with van der Waals surface area (Å²) in [7, 11) is 0. The van der Waals surface area contributed by atoms with Crippen LogP contribution in [0.1, 0.15) is 63.7 Å². The number of alkyl halides is 1. The molecule has 0 aliphatic heterocycles. The van der Waals surface area contributed by atoms with E-state index in [-0.39, 0.29) is 17.0 Å². The van der Waals surface area contributed by atoms with E-state index in [1.165, 1.54) is 0 Å². The summed E-state index contributed by atoms with van der Waals surface area (Å²) in [6, 6.07) is 7.62. The number of unbranched alkanes of at least 4 members (excludes halogenated alkanes) is 1. The van der Waals surface area contributed by atoms with E-state index in [4.69, 9.17) is 11.6 Å². The third-order valence-electron chi connectivity index (χ3n) is 3.89. The average Bonchev–Trinajstić information content (AvgIpc) is 2.51. The number of nitrogens with zero attached hydrogens (tertiary/aromatic N) is 2. The number of halogens is 1. The smallest absolute Gasteiger partial charge is 0.261 e. The maximum Gasteiger partial charge on any atom is 0.261 e. The van der Waals surface area contributed by atoms with Gasteiger partial charge in [0.1, 0.15) is 5.82 Å². The lowest BCUT2D eigenvalue weighted by atomic mass is 10.1. The highest BCUT2D eigenvalue weighted by Crippen LogP contribution is 2.26. The summed E-state index contributed by atoms with van der Waals surface area (Å²) in [5.41, 5.74) is 0.758. The number of benzene rings is 1. The fraction of sp³-hybridized carbons (Fsp3) is 0.529. The fourth-order valence-electron chi connectivity index (χ4n) is 2.62. The molecular weight excluding hydrogens is 284 g/mol. The Morgan fingerprint density at radius 3 is 2.67 bits per heavy atom. The van der Waals surface area contributed by atoms with Gasteiger partial charge in [-0.05, 0) is 31.9 Å². The van der Waals surface area contributed by atoms with E-state index in [9.17, 15) is 4.79 Å². The van der Waals surface area contributed by atoms with Crippen LogP contribution in [0.25, 0.3) is 10.9 Å². The second-order valence-corrected chi connectivity index (χ2v) is 6.06. The molecule has 114 valence electrons. The van der Waals surface area contributed by atoms with E-state index >= 15 is 0 Å². The lowest BCUT2D eigenvalue weighted by molar-refractivity contribution is 0.449. The second kappa shape index (κ2) is 7.08. The molecule has 1 heterocycles. The van der Waals surface area contributed by atoms with Gasteiger partial charge in [0.25, 0.3) is 5.56 Å². The van der Waals surface area contributed by atoms with Gasteiger partial charge in [-0.25, -0.2) is 4.98 Å². The molecule has 2 unspecified atom stereocenters. The molecule has 0 saturated carbocycles. The molecule has 0 amide bonds. The van der Waals surface area contributed by atoms with E-state index < -0.39 is 0 Å². The first-order chi connectivity index (χ1) is 10.1. The average molecular weight is 307 g/mol. The van der Waals surface area contributed by atoms with Crippen LogP contribution in [0.5, 0.6) is 0 Å². The van der Waals surface area contributed by atoms with Crippen molar-refractivity contribution in [1.82, 2.24) is 9.55 Å². The van der Waals surface area contributed by atoms with Crippen LogP contribution >= 0.6 is 11.6 Å². The van der Waals surface area contributed by atoms with Crippen LogP contribution in [-0.4, -0.2) is 9.55 Å². The molecule has 2 atom stereocenters. The third kappa shape index (κ3) is 3.29. The van der Waals surface area contributed by atoms with Crippen molar-refractivity contribution in [1.29, 1.82) is 0 Å².